The van der Waals surface area contributed by atoms with E-state index < -0.39 is 11.8 Å². The van der Waals surface area contributed by atoms with E-state index in [2.05, 4.69) is 21.4 Å². The number of hydrogen-bond donors (Lipinski definition) is 1. The van der Waals surface area contributed by atoms with Crippen molar-refractivity contribution < 1.29 is 19.1 Å². The van der Waals surface area contributed by atoms with E-state index in [-0.39, 0.29) is 11.7 Å². The molecule has 1 fully saturated rings. The van der Waals surface area contributed by atoms with Crippen LogP contribution in [0, 0.1) is 0 Å². The minimum Gasteiger partial charge on any atom is -0.493 e. The van der Waals surface area contributed by atoms with E-state index in [4.69, 9.17) is 21.1 Å². The van der Waals surface area contributed by atoms with Gasteiger partial charge < -0.3 is 9.47 Å². The topological polar surface area (TPSA) is 67.9 Å². The molecule has 0 aromatic heterocycles. The zero-order chi connectivity index (χ0) is 21.1. The van der Waals surface area contributed by atoms with Crippen LogP contribution in [-0.2, 0) is 9.59 Å². The summed E-state index contributed by atoms with van der Waals surface area (Å²) in [5.74, 6) is -0.134. The Balaban J connectivity index is 2.00. The van der Waals surface area contributed by atoms with Gasteiger partial charge in [0.05, 0.1) is 18.9 Å². The van der Waals surface area contributed by atoms with Crippen LogP contribution in [0.1, 0.15) is 25.8 Å². The van der Waals surface area contributed by atoms with E-state index in [1.54, 1.807) is 30.3 Å². The smallest absolute Gasteiger partial charge is 0.282 e. The lowest BCUT2D eigenvalue weighted by molar-refractivity contribution is -0.117. The molecule has 6 nitrogen and oxygen atoms in total. The third kappa shape index (κ3) is 4.26. The van der Waals surface area contributed by atoms with Crippen molar-refractivity contribution >= 4 is 51.1 Å². The number of benzene rings is 2. The second-order valence-corrected chi connectivity index (χ2v) is 7.61. The molecule has 29 heavy (non-hydrogen) atoms. The minimum atomic E-state index is -0.499. The van der Waals surface area contributed by atoms with Gasteiger partial charge >= 0.3 is 0 Å². The number of para-hydroxylation sites is 1. The molecule has 2 aromatic rings. The van der Waals surface area contributed by atoms with Gasteiger partial charge in [0.15, 0.2) is 11.5 Å². The molecule has 1 heterocycles. The van der Waals surface area contributed by atoms with Crippen LogP contribution in [0.15, 0.2) is 46.4 Å². The van der Waals surface area contributed by atoms with Crippen molar-refractivity contribution in [3.8, 4) is 11.5 Å². The highest BCUT2D eigenvalue weighted by molar-refractivity contribution is 9.10. The van der Waals surface area contributed by atoms with Crippen LogP contribution < -0.4 is 19.9 Å². The van der Waals surface area contributed by atoms with Gasteiger partial charge in [-0.05, 0) is 59.1 Å². The molecule has 0 unspecified atom stereocenters. The summed E-state index contributed by atoms with van der Waals surface area (Å²) in [5, 5.41) is 1.52. The van der Waals surface area contributed by atoms with Crippen molar-refractivity contribution in [2.45, 2.75) is 26.4 Å². The van der Waals surface area contributed by atoms with E-state index in [9.17, 15) is 9.59 Å². The van der Waals surface area contributed by atoms with Gasteiger partial charge in [0, 0.05) is 4.47 Å². The van der Waals surface area contributed by atoms with E-state index in [0.29, 0.717) is 32.2 Å². The normalized spacial score (nSPS) is 16.2. The van der Waals surface area contributed by atoms with E-state index in [0.717, 1.165) is 6.42 Å². The lowest BCUT2D eigenvalue weighted by Gasteiger charge is -2.18. The molecule has 1 saturated heterocycles. The number of ether oxygens (including phenoxy) is 2. The molecule has 2 aromatic carbocycles. The van der Waals surface area contributed by atoms with Crippen molar-refractivity contribution in [3.63, 3.8) is 0 Å². The standard InChI is InChI=1S/C21H20BrClN2O4/c1-4-12(2)29-19-16(28-3)11-13(17(22)18(19)23)10-15-20(26)24-25(21(15)27)14-8-6-5-7-9-14/h5-12H,4H2,1-3H3,(H,24,26)/b15-10-/t12-/m0/s1. The molecule has 0 spiro atoms. The number of carbonyl (C=O) groups is 2. The van der Waals surface area contributed by atoms with Gasteiger partial charge in [-0.3, -0.25) is 15.0 Å². The number of amides is 2. The molecule has 1 aliphatic rings. The van der Waals surface area contributed by atoms with Crippen molar-refractivity contribution in [1.29, 1.82) is 0 Å². The molecular weight excluding hydrogens is 460 g/mol. The summed E-state index contributed by atoms with van der Waals surface area (Å²) >= 11 is 9.93. The zero-order valence-corrected chi connectivity index (χ0v) is 18.5. The van der Waals surface area contributed by atoms with E-state index >= 15 is 0 Å². The second kappa shape index (κ2) is 8.88. The first-order chi connectivity index (χ1) is 13.9. The van der Waals surface area contributed by atoms with Crippen LogP contribution in [0.25, 0.3) is 6.08 Å². The quantitative estimate of drug-likeness (QED) is 0.480. The maximum atomic E-state index is 12.8. The third-order valence-electron chi connectivity index (χ3n) is 4.48. The highest BCUT2D eigenvalue weighted by Crippen LogP contribution is 2.44. The molecule has 2 amide bonds. The Morgan fingerprint density at radius 1 is 1.28 bits per heavy atom. The first-order valence-corrected chi connectivity index (χ1v) is 10.2. The summed E-state index contributed by atoms with van der Waals surface area (Å²) in [6.45, 7) is 3.93. The van der Waals surface area contributed by atoms with E-state index in [1.807, 2.05) is 19.9 Å². The molecule has 0 bridgehead atoms. The first-order valence-electron chi connectivity index (χ1n) is 9.02. The number of anilines is 1. The predicted molar refractivity (Wildman–Crippen MR) is 116 cm³/mol. The maximum absolute atomic E-state index is 12.8. The lowest BCUT2D eigenvalue weighted by Crippen LogP contribution is -2.35. The largest absolute Gasteiger partial charge is 0.493 e. The number of carbonyl (C=O) groups excluding carboxylic acids is 2. The first kappa shape index (κ1) is 21.2. The summed E-state index contributed by atoms with van der Waals surface area (Å²) in [4.78, 5) is 25.2. The van der Waals surface area contributed by atoms with Gasteiger partial charge in [-0.1, -0.05) is 36.7 Å². The zero-order valence-electron chi connectivity index (χ0n) is 16.2. The molecule has 0 radical (unpaired) electrons. The second-order valence-electron chi connectivity index (χ2n) is 6.44. The minimum absolute atomic E-state index is 0.0109. The number of halogens is 2. The van der Waals surface area contributed by atoms with Crippen LogP contribution >= 0.6 is 27.5 Å². The van der Waals surface area contributed by atoms with Gasteiger partial charge in [-0.25, -0.2) is 5.01 Å². The molecule has 1 atom stereocenters. The SMILES string of the molecule is CC[C@H](C)Oc1c(OC)cc(/C=C2/C(=O)NN(c3ccccc3)C2=O)c(Br)c1Cl. The van der Waals surface area contributed by atoms with Crippen molar-refractivity contribution in [2.75, 3.05) is 12.1 Å². The van der Waals surface area contributed by atoms with Crippen molar-refractivity contribution in [2.24, 2.45) is 0 Å². The number of rotatable bonds is 6. The van der Waals surface area contributed by atoms with Gasteiger partial charge in [0.2, 0.25) is 0 Å². The van der Waals surface area contributed by atoms with Gasteiger partial charge in [-0.15, -0.1) is 0 Å². The fourth-order valence-corrected chi connectivity index (χ4v) is 3.38. The fraction of sp³-hybridized carbons (Fsp3) is 0.238. The Morgan fingerprint density at radius 2 is 1.97 bits per heavy atom. The molecule has 8 heteroatoms. The summed E-state index contributed by atoms with van der Waals surface area (Å²) in [5.41, 5.74) is 3.65. The number of hydrazine groups is 1. The Hall–Kier alpha value is -2.51. The Bertz CT molecular complexity index is 978. The number of nitrogens with one attached hydrogen (secondary N) is 1. The Kier molecular flexibility index (Phi) is 6.49. The summed E-state index contributed by atoms with van der Waals surface area (Å²) in [6, 6.07) is 10.5. The van der Waals surface area contributed by atoms with Gasteiger partial charge in [0.25, 0.3) is 11.8 Å². The number of nitrogens with zero attached hydrogens (tertiary/aromatic N) is 1. The molecule has 1 aliphatic heterocycles. The van der Waals surface area contributed by atoms with E-state index in [1.165, 1.54) is 18.2 Å². The Labute approximate surface area is 182 Å². The third-order valence-corrected chi connectivity index (χ3v) is 5.92. The average Bonchev–Trinajstić information content (AvgIpc) is 3.01. The van der Waals surface area contributed by atoms with Crippen LogP contribution in [0.5, 0.6) is 11.5 Å². The van der Waals surface area contributed by atoms with Crippen LogP contribution in [-0.4, -0.2) is 25.0 Å². The van der Waals surface area contributed by atoms with Crippen molar-refractivity contribution in [1.82, 2.24) is 5.43 Å². The average molecular weight is 480 g/mol. The summed E-state index contributed by atoms with van der Waals surface area (Å²) in [6.07, 6.45) is 2.22. The molecule has 152 valence electrons. The summed E-state index contributed by atoms with van der Waals surface area (Å²) in [7, 11) is 1.50. The van der Waals surface area contributed by atoms with Crippen LogP contribution in [0.2, 0.25) is 5.02 Å². The number of methoxy groups -OCH3 is 1. The van der Waals surface area contributed by atoms with Gasteiger partial charge in [-0.2, -0.15) is 0 Å². The molecule has 0 aliphatic carbocycles. The van der Waals surface area contributed by atoms with Gasteiger partial charge in [0.1, 0.15) is 10.6 Å². The molecule has 0 saturated carbocycles. The molecule has 1 N–H and O–H groups in total. The predicted octanol–water partition coefficient (Wildman–Crippen LogP) is 4.75. The van der Waals surface area contributed by atoms with Crippen LogP contribution in [0.4, 0.5) is 5.69 Å². The Morgan fingerprint density at radius 3 is 2.59 bits per heavy atom. The van der Waals surface area contributed by atoms with Crippen molar-refractivity contribution in [3.05, 3.63) is 57.0 Å². The fourth-order valence-electron chi connectivity index (χ4n) is 2.73. The summed E-state index contributed by atoms with van der Waals surface area (Å²) < 4.78 is 11.8. The molecule has 3 rings (SSSR count). The van der Waals surface area contributed by atoms with Crippen LogP contribution in [0.3, 0.4) is 0 Å². The highest BCUT2D eigenvalue weighted by Gasteiger charge is 2.34. The molecular formula is C21H20BrClN2O4. The maximum Gasteiger partial charge on any atom is 0.282 e. The lowest BCUT2D eigenvalue weighted by atomic mass is 10.1. The monoisotopic (exact) mass is 478 g/mol. The highest BCUT2D eigenvalue weighted by atomic mass is 79.9. The number of hydrogen-bond acceptors (Lipinski definition) is 4.